The summed E-state index contributed by atoms with van der Waals surface area (Å²) in [7, 11) is 0. The lowest BCUT2D eigenvalue weighted by molar-refractivity contribution is -0.167. The number of hydrogen-bond donors (Lipinski definition) is 0. The highest BCUT2D eigenvalue weighted by atomic mass is 16.6. The minimum atomic E-state index is -0.779. The van der Waals surface area contributed by atoms with Crippen LogP contribution in [-0.2, 0) is 28.6 Å². The average molecular weight is 1150 g/mol. The van der Waals surface area contributed by atoms with Gasteiger partial charge in [-0.1, -0.05) is 319 Å². The van der Waals surface area contributed by atoms with Crippen molar-refractivity contribution in [3.8, 4) is 0 Å². The average Bonchev–Trinajstić information content (AvgIpc) is 3.47. The van der Waals surface area contributed by atoms with E-state index in [2.05, 4.69) is 81.5 Å². The molecule has 0 aromatic carbocycles. The molecule has 6 nitrogen and oxygen atoms in total. The summed E-state index contributed by atoms with van der Waals surface area (Å²) in [6.07, 6.45) is 91.1. The Hall–Kier alpha value is -2.89. The Balaban J connectivity index is 4.27. The van der Waals surface area contributed by atoms with Crippen molar-refractivity contribution in [2.45, 2.75) is 393 Å². The third-order valence-corrected chi connectivity index (χ3v) is 16.2. The van der Waals surface area contributed by atoms with Crippen LogP contribution in [0.5, 0.6) is 0 Å². The number of hydrogen-bond acceptors (Lipinski definition) is 6. The molecule has 1 unspecified atom stereocenters. The Bertz CT molecular complexity index is 1460. The van der Waals surface area contributed by atoms with Crippen LogP contribution in [0.1, 0.15) is 387 Å². The fourth-order valence-electron chi connectivity index (χ4n) is 10.7. The van der Waals surface area contributed by atoms with Crippen molar-refractivity contribution in [3.05, 3.63) is 60.8 Å². The van der Waals surface area contributed by atoms with Crippen LogP contribution in [0.15, 0.2) is 60.8 Å². The first-order chi connectivity index (χ1) is 40.5. The first-order valence-corrected chi connectivity index (χ1v) is 36.3. The molecular formula is C76H138O6. The van der Waals surface area contributed by atoms with E-state index in [9.17, 15) is 14.4 Å². The number of allylic oxidation sites excluding steroid dienone is 10. The predicted molar refractivity (Wildman–Crippen MR) is 358 cm³/mol. The lowest BCUT2D eigenvalue weighted by Gasteiger charge is -2.18. The summed E-state index contributed by atoms with van der Waals surface area (Å²) in [4.78, 5) is 38.5. The summed E-state index contributed by atoms with van der Waals surface area (Å²) in [6.45, 7) is 6.66. The van der Waals surface area contributed by atoms with Crippen molar-refractivity contribution in [2.24, 2.45) is 0 Å². The molecule has 0 aromatic heterocycles. The van der Waals surface area contributed by atoms with Crippen LogP contribution >= 0.6 is 0 Å². The number of ether oxygens (including phenoxy) is 3. The van der Waals surface area contributed by atoms with Gasteiger partial charge in [-0.3, -0.25) is 14.4 Å². The first-order valence-electron chi connectivity index (χ1n) is 36.3. The van der Waals surface area contributed by atoms with Gasteiger partial charge in [0, 0.05) is 19.3 Å². The molecule has 0 aliphatic carbocycles. The molecule has 0 saturated heterocycles. The van der Waals surface area contributed by atoms with Gasteiger partial charge >= 0.3 is 17.9 Å². The summed E-state index contributed by atoms with van der Waals surface area (Å²) in [5.41, 5.74) is 0. The number of unbranched alkanes of at least 4 members (excludes halogenated alkanes) is 46. The zero-order valence-electron chi connectivity index (χ0n) is 55.0. The molecule has 6 heteroatoms. The Labute approximate surface area is 510 Å². The molecule has 0 aromatic rings. The molecule has 82 heavy (non-hydrogen) atoms. The molecule has 0 bridgehead atoms. The van der Waals surface area contributed by atoms with Crippen molar-refractivity contribution < 1.29 is 28.6 Å². The van der Waals surface area contributed by atoms with Crippen LogP contribution in [0, 0.1) is 0 Å². The maximum atomic E-state index is 13.0. The van der Waals surface area contributed by atoms with Crippen LogP contribution in [-0.4, -0.2) is 37.2 Å². The van der Waals surface area contributed by atoms with Crippen molar-refractivity contribution >= 4 is 17.9 Å². The van der Waals surface area contributed by atoms with Crippen LogP contribution in [0.4, 0.5) is 0 Å². The lowest BCUT2D eigenvalue weighted by atomic mass is 10.0. The van der Waals surface area contributed by atoms with Gasteiger partial charge in [0.15, 0.2) is 6.10 Å². The molecule has 0 N–H and O–H groups in total. The standard InChI is InChI=1S/C76H138O6/c1-4-7-10-13-16-19-22-25-28-30-32-34-36-38-40-42-44-46-48-51-54-57-60-63-66-69-75(78)81-72-73(71-80-74(77)68-65-62-59-56-53-50-27-24-21-18-15-12-9-6-3)82-76(79)70-67-64-61-58-55-52-49-47-45-43-41-39-37-35-33-31-29-26-23-20-17-14-11-8-5-2/h22-27,30-33,73H,4-21,28-29,34-72H2,1-3H3/b25-22-,26-23-,27-24-,32-30-,33-31-. The van der Waals surface area contributed by atoms with Crippen molar-refractivity contribution in [1.82, 2.24) is 0 Å². The Morgan fingerprint density at radius 1 is 0.244 bits per heavy atom. The molecule has 0 aliphatic rings. The maximum absolute atomic E-state index is 13.0. The van der Waals surface area contributed by atoms with E-state index in [-0.39, 0.29) is 31.1 Å². The van der Waals surface area contributed by atoms with Gasteiger partial charge in [0.25, 0.3) is 0 Å². The number of esters is 3. The van der Waals surface area contributed by atoms with E-state index in [1.54, 1.807) is 0 Å². The molecular weight excluding hydrogens is 1010 g/mol. The van der Waals surface area contributed by atoms with E-state index in [1.165, 1.54) is 270 Å². The molecule has 1 atom stereocenters. The van der Waals surface area contributed by atoms with Crippen LogP contribution in [0.2, 0.25) is 0 Å². The van der Waals surface area contributed by atoms with E-state index in [4.69, 9.17) is 14.2 Å². The molecule has 0 amide bonds. The fourth-order valence-corrected chi connectivity index (χ4v) is 10.7. The van der Waals surface area contributed by atoms with E-state index < -0.39 is 6.10 Å². The van der Waals surface area contributed by atoms with Gasteiger partial charge in [0.05, 0.1) is 0 Å². The van der Waals surface area contributed by atoms with Crippen LogP contribution in [0.3, 0.4) is 0 Å². The van der Waals surface area contributed by atoms with Crippen LogP contribution in [0.25, 0.3) is 0 Å². The Kier molecular flexibility index (Phi) is 68.1. The summed E-state index contributed by atoms with van der Waals surface area (Å²) < 4.78 is 17.0. The van der Waals surface area contributed by atoms with Gasteiger partial charge < -0.3 is 14.2 Å². The van der Waals surface area contributed by atoms with E-state index in [1.807, 2.05) is 0 Å². The van der Waals surface area contributed by atoms with Gasteiger partial charge in [0.2, 0.25) is 0 Å². The monoisotopic (exact) mass is 1150 g/mol. The zero-order valence-corrected chi connectivity index (χ0v) is 55.0. The second kappa shape index (κ2) is 70.6. The fraction of sp³-hybridized carbons (Fsp3) is 0.829. The molecule has 0 aliphatic heterocycles. The summed E-state index contributed by atoms with van der Waals surface area (Å²) in [6, 6.07) is 0. The predicted octanol–water partition coefficient (Wildman–Crippen LogP) is 25.1. The topological polar surface area (TPSA) is 78.9 Å². The van der Waals surface area contributed by atoms with Gasteiger partial charge in [-0.05, 0) is 109 Å². The maximum Gasteiger partial charge on any atom is 0.306 e. The number of rotatable bonds is 67. The lowest BCUT2D eigenvalue weighted by Crippen LogP contribution is -2.30. The quantitative estimate of drug-likeness (QED) is 0.0261. The molecule has 0 radical (unpaired) electrons. The minimum absolute atomic E-state index is 0.0742. The third-order valence-electron chi connectivity index (χ3n) is 16.2. The third kappa shape index (κ3) is 67.9. The molecule has 0 heterocycles. The SMILES string of the molecule is CCCCCCC/C=C\C/C=C\CCCCCCCCCCCCCCCC(=O)OCC(COC(=O)CCCCCCC/C=C\CCCCCCC)OC(=O)CCCCCCCCCCCCCCC/C=C\C/C=C\CCCCCCC. The van der Waals surface area contributed by atoms with E-state index >= 15 is 0 Å². The number of carbonyl (C=O) groups excluding carboxylic acids is 3. The second-order valence-electron chi connectivity index (χ2n) is 24.5. The van der Waals surface area contributed by atoms with Gasteiger partial charge in [0.1, 0.15) is 13.2 Å². The van der Waals surface area contributed by atoms with Gasteiger partial charge in [-0.25, -0.2) is 0 Å². The van der Waals surface area contributed by atoms with E-state index in [0.29, 0.717) is 19.3 Å². The molecule has 0 spiro atoms. The highest BCUT2D eigenvalue weighted by molar-refractivity contribution is 5.71. The second-order valence-corrected chi connectivity index (χ2v) is 24.5. The smallest absolute Gasteiger partial charge is 0.306 e. The highest BCUT2D eigenvalue weighted by Gasteiger charge is 2.19. The Morgan fingerprint density at radius 2 is 0.439 bits per heavy atom. The van der Waals surface area contributed by atoms with Gasteiger partial charge in [-0.15, -0.1) is 0 Å². The Morgan fingerprint density at radius 3 is 0.683 bits per heavy atom. The molecule has 478 valence electrons. The summed E-state index contributed by atoms with van der Waals surface area (Å²) in [5.74, 6) is -0.861. The van der Waals surface area contributed by atoms with Crippen molar-refractivity contribution in [3.63, 3.8) is 0 Å². The summed E-state index contributed by atoms with van der Waals surface area (Å²) >= 11 is 0. The first kappa shape index (κ1) is 79.1. The van der Waals surface area contributed by atoms with Crippen molar-refractivity contribution in [1.29, 1.82) is 0 Å². The largest absolute Gasteiger partial charge is 0.462 e. The normalized spacial score (nSPS) is 12.4. The highest BCUT2D eigenvalue weighted by Crippen LogP contribution is 2.18. The summed E-state index contributed by atoms with van der Waals surface area (Å²) in [5, 5.41) is 0. The van der Waals surface area contributed by atoms with Crippen molar-refractivity contribution in [2.75, 3.05) is 13.2 Å². The van der Waals surface area contributed by atoms with E-state index in [0.717, 1.165) is 77.0 Å². The van der Waals surface area contributed by atoms with Crippen LogP contribution < -0.4 is 0 Å². The number of carbonyl (C=O) groups is 3. The minimum Gasteiger partial charge on any atom is -0.462 e. The van der Waals surface area contributed by atoms with Gasteiger partial charge in [-0.2, -0.15) is 0 Å². The molecule has 0 saturated carbocycles. The molecule has 0 fully saturated rings. The zero-order chi connectivity index (χ0) is 59.2. The molecule has 0 rings (SSSR count).